The summed E-state index contributed by atoms with van der Waals surface area (Å²) in [4.78, 5) is 44.8. The maximum absolute atomic E-state index is 13.2. The van der Waals surface area contributed by atoms with Crippen LogP contribution in [0.5, 0.6) is 0 Å². The summed E-state index contributed by atoms with van der Waals surface area (Å²) < 4.78 is 6.03. The Bertz CT molecular complexity index is 1090. The van der Waals surface area contributed by atoms with Gasteiger partial charge in [0.1, 0.15) is 0 Å². The molecule has 0 bridgehead atoms. The van der Waals surface area contributed by atoms with Gasteiger partial charge in [-0.3, -0.25) is 25.2 Å². The number of carbonyl (C=O) groups is 3. The van der Waals surface area contributed by atoms with Crippen LogP contribution in [0, 0.1) is 12.3 Å². The van der Waals surface area contributed by atoms with Crippen LogP contribution in [0.1, 0.15) is 25.0 Å². The SMILES string of the molecule is Cc1ccnc(-c2ccc3c(c2)CC2(C(=O)NC(=O)NC2=O)[C@H]2[C@H](C)O[C@H](C)CN32)c1. The number of pyridine rings is 1. The molecule has 4 amide bonds. The first kappa shape index (κ1) is 19.7. The molecule has 1 aromatic carbocycles. The van der Waals surface area contributed by atoms with Gasteiger partial charge in [0, 0.05) is 24.0 Å². The molecule has 5 rings (SSSR count). The molecule has 0 radical (unpaired) electrons. The Kier molecular flexibility index (Phi) is 4.37. The monoisotopic (exact) mass is 420 g/mol. The summed E-state index contributed by atoms with van der Waals surface area (Å²) in [6.07, 6.45) is 1.50. The van der Waals surface area contributed by atoms with Gasteiger partial charge in [0.2, 0.25) is 11.8 Å². The number of nitrogens with one attached hydrogen (secondary N) is 2. The number of carbonyl (C=O) groups excluding carboxylic acids is 3. The highest BCUT2D eigenvalue weighted by Crippen LogP contribution is 2.47. The molecule has 3 aliphatic heterocycles. The Balaban J connectivity index is 1.67. The lowest BCUT2D eigenvalue weighted by atomic mass is 9.66. The predicted molar refractivity (Wildman–Crippen MR) is 113 cm³/mol. The number of hydrogen-bond donors (Lipinski definition) is 2. The summed E-state index contributed by atoms with van der Waals surface area (Å²) in [7, 11) is 0. The van der Waals surface area contributed by atoms with E-state index in [2.05, 4.69) is 20.5 Å². The summed E-state index contributed by atoms with van der Waals surface area (Å²) in [5, 5.41) is 4.63. The number of benzene rings is 1. The fourth-order valence-corrected chi connectivity index (χ4v) is 5.30. The zero-order chi connectivity index (χ0) is 21.9. The molecular weight excluding hydrogens is 396 g/mol. The van der Waals surface area contributed by atoms with Crippen molar-refractivity contribution in [2.75, 3.05) is 11.4 Å². The van der Waals surface area contributed by atoms with Gasteiger partial charge in [-0.05, 0) is 62.6 Å². The lowest BCUT2D eigenvalue weighted by Gasteiger charge is -2.55. The van der Waals surface area contributed by atoms with E-state index in [0.29, 0.717) is 6.54 Å². The molecule has 8 heteroatoms. The largest absolute Gasteiger partial charge is 0.372 e. The predicted octanol–water partition coefficient (Wildman–Crippen LogP) is 1.95. The fraction of sp³-hybridized carbons (Fsp3) is 0.391. The van der Waals surface area contributed by atoms with Crippen LogP contribution in [0.2, 0.25) is 0 Å². The van der Waals surface area contributed by atoms with E-state index in [1.807, 2.05) is 51.1 Å². The minimum atomic E-state index is -1.46. The van der Waals surface area contributed by atoms with Crippen molar-refractivity contribution >= 4 is 23.5 Å². The Labute approximate surface area is 180 Å². The first-order chi connectivity index (χ1) is 14.8. The van der Waals surface area contributed by atoms with E-state index in [9.17, 15) is 14.4 Å². The van der Waals surface area contributed by atoms with Gasteiger partial charge < -0.3 is 9.64 Å². The second-order valence-corrected chi connectivity index (χ2v) is 8.70. The van der Waals surface area contributed by atoms with Crippen molar-refractivity contribution in [3.05, 3.63) is 47.7 Å². The number of anilines is 1. The quantitative estimate of drug-likeness (QED) is 0.684. The van der Waals surface area contributed by atoms with Crippen molar-refractivity contribution in [2.45, 2.75) is 45.4 Å². The van der Waals surface area contributed by atoms with Gasteiger partial charge in [0.15, 0.2) is 5.41 Å². The molecule has 160 valence electrons. The van der Waals surface area contributed by atoms with Gasteiger partial charge in [-0.2, -0.15) is 0 Å². The van der Waals surface area contributed by atoms with E-state index >= 15 is 0 Å². The van der Waals surface area contributed by atoms with Crippen LogP contribution in [0.3, 0.4) is 0 Å². The van der Waals surface area contributed by atoms with E-state index in [1.54, 1.807) is 6.20 Å². The van der Waals surface area contributed by atoms with E-state index in [4.69, 9.17) is 4.74 Å². The number of hydrogen-bond acceptors (Lipinski definition) is 6. The van der Waals surface area contributed by atoms with Crippen LogP contribution in [-0.4, -0.2) is 47.6 Å². The Hall–Kier alpha value is -3.26. The lowest BCUT2D eigenvalue weighted by molar-refractivity contribution is -0.153. The maximum Gasteiger partial charge on any atom is 0.328 e. The number of ether oxygens (including phenoxy) is 1. The van der Waals surface area contributed by atoms with Crippen molar-refractivity contribution in [1.29, 1.82) is 0 Å². The molecule has 4 heterocycles. The zero-order valence-electron chi connectivity index (χ0n) is 17.6. The number of amides is 4. The molecule has 3 atom stereocenters. The van der Waals surface area contributed by atoms with Gasteiger partial charge in [0.05, 0.1) is 23.9 Å². The Morgan fingerprint density at radius 2 is 1.84 bits per heavy atom. The van der Waals surface area contributed by atoms with Gasteiger partial charge in [-0.15, -0.1) is 0 Å². The van der Waals surface area contributed by atoms with Crippen LogP contribution in [0.4, 0.5) is 10.5 Å². The van der Waals surface area contributed by atoms with Crippen LogP contribution >= 0.6 is 0 Å². The number of urea groups is 1. The van der Waals surface area contributed by atoms with Crippen LogP contribution in [0.15, 0.2) is 36.5 Å². The minimum Gasteiger partial charge on any atom is -0.372 e. The molecular formula is C23H24N4O4. The number of nitrogens with zero attached hydrogens (tertiary/aromatic N) is 2. The molecule has 0 unspecified atom stereocenters. The third-order valence-corrected chi connectivity index (χ3v) is 6.52. The summed E-state index contributed by atoms with van der Waals surface area (Å²) in [6, 6.07) is 8.68. The summed E-state index contributed by atoms with van der Waals surface area (Å²) >= 11 is 0. The topological polar surface area (TPSA) is 101 Å². The summed E-state index contributed by atoms with van der Waals surface area (Å²) in [5.41, 5.74) is 3.23. The second-order valence-electron chi connectivity index (χ2n) is 8.70. The standard InChI is InChI=1S/C23H24N4O4/c1-12-6-7-24-17(8-12)15-4-5-18-16(9-15)10-23(20(28)25-22(30)26-21(23)29)19-14(3)31-13(2)11-27(18)19/h4-9,13-14,19H,10-11H2,1-3H3,(H2,25,26,28,29,30)/t13-,14+,19-/m1/s1. The maximum atomic E-state index is 13.2. The molecule has 8 nitrogen and oxygen atoms in total. The average Bonchev–Trinajstić information content (AvgIpc) is 2.71. The average molecular weight is 420 g/mol. The van der Waals surface area contributed by atoms with Gasteiger partial charge in [-0.25, -0.2) is 4.79 Å². The number of imide groups is 2. The third-order valence-electron chi connectivity index (χ3n) is 6.52. The summed E-state index contributed by atoms with van der Waals surface area (Å²) in [6.45, 7) is 6.40. The highest BCUT2D eigenvalue weighted by Gasteiger charge is 2.62. The van der Waals surface area contributed by atoms with Crippen molar-refractivity contribution in [3.8, 4) is 11.3 Å². The second kappa shape index (κ2) is 6.88. The van der Waals surface area contributed by atoms with Gasteiger partial charge in [-0.1, -0.05) is 6.07 Å². The number of fused-ring (bicyclic) bond motifs is 4. The fourth-order valence-electron chi connectivity index (χ4n) is 5.30. The highest BCUT2D eigenvalue weighted by atomic mass is 16.5. The minimum absolute atomic E-state index is 0.0660. The van der Waals surface area contributed by atoms with Crippen LogP contribution < -0.4 is 15.5 Å². The molecule has 2 saturated heterocycles. The lowest BCUT2D eigenvalue weighted by Crippen LogP contribution is -2.75. The normalized spacial score (nSPS) is 26.7. The zero-order valence-corrected chi connectivity index (χ0v) is 17.6. The molecule has 2 N–H and O–H groups in total. The van der Waals surface area contributed by atoms with Crippen molar-refractivity contribution in [1.82, 2.24) is 15.6 Å². The number of morpholine rings is 1. The number of aryl methyl sites for hydroxylation is 1. The van der Waals surface area contributed by atoms with Crippen LogP contribution in [0.25, 0.3) is 11.3 Å². The van der Waals surface area contributed by atoms with E-state index in [-0.39, 0.29) is 18.6 Å². The Morgan fingerprint density at radius 3 is 2.55 bits per heavy atom. The molecule has 31 heavy (non-hydrogen) atoms. The van der Waals surface area contributed by atoms with Crippen LogP contribution in [-0.2, 0) is 20.7 Å². The van der Waals surface area contributed by atoms with Crippen molar-refractivity contribution < 1.29 is 19.1 Å². The Morgan fingerprint density at radius 1 is 1.10 bits per heavy atom. The highest BCUT2D eigenvalue weighted by molar-refractivity contribution is 6.20. The smallest absolute Gasteiger partial charge is 0.328 e. The van der Waals surface area contributed by atoms with Crippen molar-refractivity contribution in [2.24, 2.45) is 5.41 Å². The first-order valence-electron chi connectivity index (χ1n) is 10.4. The summed E-state index contributed by atoms with van der Waals surface area (Å²) in [5.74, 6) is -1.16. The molecule has 1 spiro atoms. The first-order valence-corrected chi connectivity index (χ1v) is 10.4. The molecule has 2 aromatic rings. The number of aromatic nitrogens is 1. The molecule has 1 aromatic heterocycles. The molecule has 3 aliphatic rings. The molecule has 0 saturated carbocycles. The van der Waals surface area contributed by atoms with Gasteiger partial charge in [0.25, 0.3) is 0 Å². The van der Waals surface area contributed by atoms with Gasteiger partial charge >= 0.3 is 6.03 Å². The molecule has 2 fully saturated rings. The van der Waals surface area contributed by atoms with Crippen molar-refractivity contribution in [3.63, 3.8) is 0 Å². The molecule has 0 aliphatic carbocycles. The van der Waals surface area contributed by atoms with E-state index in [0.717, 1.165) is 28.1 Å². The van der Waals surface area contributed by atoms with E-state index in [1.165, 1.54) is 0 Å². The van der Waals surface area contributed by atoms with E-state index < -0.39 is 29.3 Å². The third kappa shape index (κ3) is 2.93. The number of rotatable bonds is 1. The number of barbiturate groups is 1.